The molecule has 0 saturated heterocycles. The molecule has 62 valence electrons. The van der Waals surface area contributed by atoms with Gasteiger partial charge in [0.1, 0.15) is 0 Å². The lowest BCUT2D eigenvalue weighted by Gasteiger charge is -1.91. The van der Waals surface area contributed by atoms with Gasteiger partial charge in [-0.05, 0) is 12.0 Å². The van der Waals surface area contributed by atoms with Crippen molar-refractivity contribution in [3.05, 3.63) is 29.5 Å². The maximum atomic E-state index is 4.19. The molecule has 0 unspecified atom stereocenters. The fourth-order valence-corrected chi connectivity index (χ4v) is 1.55. The minimum atomic E-state index is 0.926. The second kappa shape index (κ2) is 3.06. The Hall–Kier alpha value is -1.16. The Morgan fingerprint density at radius 1 is 1.58 bits per heavy atom. The van der Waals surface area contributed by atoms with E-state index in [4.69, 9.17) is 0 Å². The van der Waals surface area contributed by atoms with Crippen molar-refractivity contribution >= 4 is 11.3 Å². The van der Waals surface area contributed by atoms with Crippen LogP contribution in [-0.2, 0) is 6.42 Å². The molecule has 0 atom stereocenters. The molecule has 2 aromatic heterocycles. The zero-order chi connectivity index (χ0) is 8.39. The Labute approximate surface area is 74.7 Å². The molecular weight excluding hydrogens is 170 g/mol. The molecule has 0 radical (unpaired) electrons. The Morgan fingerprint density at radius 2 is 2.50 bits per heavy atom. The molecule has 2 heterocycles. The van der Waals surface area contributed by atoms with Crippen molar-refractivity contribution < 1.29 is 0 Å². The zero-order valence-electron chi connectivity index (χ0n) is 6.77. The van der Waals surface area contributed by atoms with Crippen LogP contribution in [0, 0.1) is 0 Å². The minimum Gasteiger partial charge on any atom is -0.227 e. The van der Waals surface area contributed by atoms with Crippen LogP contribution in [0.2, 0.25) is 0 Å². The van der Waals surface area contributed by atoms with E-state index in [0.717, 1.165) is 11.6 Å². The van der Waals surface area contributed by atoms with Crippen LogP contribution in [0.25, 0.3) is 5.13 Å². The highest BCUT2D eigenvalue weighted by molar-refractivity contribution is 7.12. The highest BCUT2D eigenvalue weighted by atomic mass is 32.1. The second-order valence-corrected chi connectivity index (χ2v) is 3.33. The predicted octanol–water partition coefficient (Wildman–Crippen LogP) is 1.89. The average Bonchev–Trinajstić information content (AvgIpc) is 2.75. The third-order valence-corrected chi connectivity index (χ3v) is 2.42. The number of nitrogens with zero attached hydrogens (tertiary/aromatic N) is 3. The van der Waals surface area contributed by atoms with Gasteiger partial charge in [-0.1, -0.05) is 6.92 Å². The Kier molecular flexibility index (Phi) is 1.91. The highest BCUT2D eigenvalue weighted by Crippen LogP contribution is 2.10. The second-order valence-electron chi connectivity index (χ2n) is 2.46. The van der Waals surface area contributed by atoms with Crippen molar-refractivity contribution in [1.29, 1.82) is 0 Å². The molecule has 0 saturated carbocycles. The summed E-state index contributed by atoms with van der Waals surface area (Å²) in [6.07, 6.45) is 6.69. The first-order valence-corrected chi connectivity index (χ1v) is 4.71. The van der Waals surface area contributed by atoms with Gasteiger partial charge in [-0.25, -0.2) is 9.67 Å². The normalized spacial score (nSPS) is 10.4. The minimum absolute atomic E-state index is 0.926. The molecule has 0 aromatic carbocycles. The lowest BCUT2D eigenvalue weighted by atomic mass is 10.3. The van der Waals surface area contributed by atoms with E-state index in [1.807, 2.05) is 22.5 Å². The first-order valence-electron chi connectivity index (χ1n) is 3.83. The molecule has 0 fully saturated rings. The van der Waals surface area contributed by atoms with Crippen LogP contribution >= 0.6 is 11.3 Å². The number of hydrogen-bond donors (Lipinski definition) is 0. The summed E-state index contributed by atoms with van der Waals surface area (Å²) < 4.78 is 1.81. The van der Waals surface area contributed by atoms with Crippen molar-refractivity contribution in [3.8, 4) is 5.13 Å². The summed E-state index contributed by atoms with van der Waals surface area (Å²) in [4.78, 5) is 4.15. The van der Waals surface area contributed by atoms with Crippen molar-refractivity contribution in [3.63, 3.8) is 0 Å². The van der Waals surface area contributed by atoms with Crippen LogP contribution in [0.3, 0.4) is 0 Å². The van der Waals surface area contributed by atoms with E-state index in [0.29, 0.717) is 0 Å². The number of rotatable bonds is 2. The van der Waals surface area contributed by atoms with Crippen molar-refractivity contribution in [2.24, 2.45) is 0 Å². The summed E-state index contributed by atoms with van der Waals surface area (Å²) in [5.41, 5.74) is 1.24. The van der Waals surface area contributed by atoms with Crippen LogP contribution in [0.15, 0.2) is 24.0 Å². The monoisotopic (exact) mass is 179 g/mol. The molecule has 12 heavy (non-hydrogen) atoms. The smallest absolute Gasteiger partial charge is 0.210 e. The molecular formula is C8H9N3S. The quantitative estimate of drug-likeness (QED) is 0.704. The van der Waals surface area contributed by atoms with E-state index in [9.17, 15) is 0 Å². The van der Waals surface area contributed by atoms with Gasteiger partial charge in [-0.15, -0.1) is 11.3 Å². The van der Waals surface area contributed by atoms with Gasteiger partial charge in [0.15, 0.2) is 0 Å². The van der Waals surface area contributed by atoms with Gasteiger partial charge < -0.3 is 0 Å². The van der Waals surface area contributed by atoms with Gasteiger partial charge in [0.05, 0.1) is 6.20 Å². The fraction of sp³-hybridized carbons (Fsp3) is 0.250. The van der Waals surface area contributed by atoms with E-state index in [2.05, 4.69) is 17.0 Å². The molecule has 0 amide bonds. The number of hydrogen-bond acceptors (Lipinski definition) is 3. The number of aromatic nitrogens is 3. The van der Waals surface area contributed by atoms with Gasteiger partial charge in [0, 0.05) is 17.8 Å². The van der Waals surface area contributed by atoms with E-state index in [1.54, 1.807) is 17.5 Å². The lowest BCUT2D eigenvalue weighted by molar-refractivity contribution is 0.869. The zero-order valence-corrected chi connectivity index (χ0v) is 7.58. The van der Waals surface area contributed by atoms with E-state index in [1.165, 1.54) is 5.56 Å². The maximum absolute atomic E-state index is 4.19. The summed E-state index contributed by atoms with van der Waals surface area (Å²) in [6.45, 7) is 2.11. The van der Waals surface area contributed by atoms with Crippen molar-refractivity contribution in [2.45, 2.75) is 13.3 Å². The summed E-state index contributed by atoms with van der Waals surface area (Å²) in [6, 6.07) is 0. The SMILES string of the molecule is CCc1cnn(-c2nccs2)c1. The molecule has 0 N–H and O–H groups in total. The molecule has 0 spiro atoms. The molecule has 0 aliphatic carbocycles. The molecule has 0 bridgehead atoms. The largest absolute Gasteiger partial charge is 0.227 e. The summed E-state index contributed by atoms with van der Waals surface area (Å²) in [7, 11) is 0. The Balaban J connectivity index is 2.35. The van der Waals surface area contributed by atoms with E-state index < -0.39 is 0 Å². The van der Waals surface area contributed by atoms with Gasteiger partial charge in [0.25, 0.3) is 0 Å². The molecule has 0 aliphatic rings. The van der Waals surface area contributed by atoms with Gasteiger partial charge in [-0.3, -0.25) is 0 Å². The van der Waals surface area contributed by atoms with Crippen molar-refractivity contribution in [1.82, 2.24) is 14.8 Å². The standard InChI is InChI=1S/C8H9N3S/c1-2-7-5-10-11(6-7)8-9-3-4-12-8/h3-6H,2H2,1H3. The first-order chi connectivity index (χ1) is 5.90. The van der Waals surface area contributed by atoms with Crippen LogP contribution in [-0.4, -0.2) is 14.8 Å². The molecule has 2 aromatic rings. The first kappa shape index (κ1) is 7.49. The van der Waals surface area contributed by atoms with Crippen molar-refractivity contribution in [2.75, 3.05) is 0 Å². The maximum Gasteiger partial charge on any atom is 0.210 e. The average molecular weight is 179 g/mol. The van der Waals surface area contributed by atoms with Crippen LogP contribution in [0.1, 0.15) is 12.5 Å². The summed E-state index contributed by atoms with van der Waals surface area (Å²) in [5, 5.41) is 7.07. The van der Waals surface area contributed by atoms with Gasteiger partial charge >= 0.3 is 0 Å². The van der Waals surface area contributed by atoms with Gasteiger partial charge in [0.2, 0.25) is 5.13 Å². The topological polar surface area (TPSA) is 30.7 Å². The van der Waals surface area contributed by atoms with E-state index in [-0.39, 0.29) is 0 Å². The third kappa shape index (κ3) is 1.25. The Morgan fingerprint density at radius 3 is 3.08 bits per heavy atom. The predicted molar refractivity (Wildman–Crippen MR) is 48.6 cm³/mol. The lowest BCUT2D eigenvalue weighted by Crippen LogP contribution is -1.91. The highest BCUT2D eigenvalue weighted by Gasteiger charge is 2.00. The molecule has 3 nitrogen and oxygen atoms in total. The van der Waals surface area contributed by atoms with Crippen LogP contribution in [0.5, 0.6) is 0 Å². The number of thiazole rings is 1. The summed E-state index contributed by atoms with van der Waals surface area (Å²) >= 11 is 1.59. The summed E-state index contributed by atoms with van der Waals surface area (Å²) in [5.74, 6) is 0. The molecule has 0 aliphatic heterocycles. The number of aryl methyl sites for hydroxylation is 1. The van der Waals surface area contributed by atoms with Crippen LogP contribution in [0.4, 0.5) is 0 Å². The van der Waals surface area contributed by atoms with E-state index >= 15 is 0 Å². The third-order valence-electron chi connectivity index (χ3n) is 1.66. The van der Waals surface area contributed by atoms with Crippen LogP contribution < -0.4 is 0 Å². The molecule has 4 heteroatoms. The molecule has 2 rings (SSSR count). The van der Waals surface area contributed by atoms with Gasteiger partial charge in [-0.2, -0.15) is 5.10 Å². The Bertz CT molecular complexity index is 350. The fourth-order valence-electron chi connectivity index (χ4n) is 0.976.